The van der Waals surface area contributed by atoms with Gasteiger partial charge < -0.3 is 21.5 Å². The number of piperidine rings is 1. The first-order valence-corrected chi connectivity index (χ1v) is 8.84. The predicted octanol–water partition coefficient (Wildman–Crippen LogP) is 1.67. The highest BCUT2D eigenvalue weighted by Gasteiger charge is 2.23. The van der Waals surface area contributed by atoms with E-state index in [1.54, 1.807) is 0 Å². The lowest BCUT2D eigenvalue weighted by atomic mass is 10.1. The molecule has 1 saturated heterocycles. The minimum absolute atomic E-state index is 0. The van der Waals surface area contributed by atoms with Crippen molar-refractivity contribution in [3.8, 4) is 0 Å². The molecule has 0 N–H and O–H groups in total. The number of unbranched alkanes of at least 4 members (excludes halogenated alkanes) is 7. The minimum Gasteiger partial charge on any atom is -1.00 e. The van der Waals surface area contributed by atoms with E-state index in [0.717, 1.165) is 5.75 Å². The Bertz CT molecular complexity index is 193. The molecule has 0 bridgehead atoms. The summed E-state index contributed by atoms with van der Waals surface area (Å²) < 4.78 is 1.36. The third kappa shape index (κ3) is 10.2. The third-order valence-corrected chi connectivity index (χ3v) is 4.82. The molecule has 1 aliphatic heterocycles. The van der Waals surface area contributed by atoms with E-state index in [4.69, 9.17) is 0 Å². The van der Waals surface area contributed by atoms with Gasteiger partial charge in [0.05, 0.1) is 26.7 Å². The zero-order valence-corrected chi connectivity index (χ0v) is 15.4. The second-order valence-electron chi connectivity index (χ2n) is 6.40. The van der Waals surface area contributed by atoms with Crippen molar-refractivity contribution in [1.82, 2.24) is 0 Å². The molecule has 0 aromatic carbocycles. The molecule has 1 rings (SSSR count). The van der Waals surface area contributed by atoms with Crippen LogP contribution in [0.2, 0.25) is 0 Å². The highest BCUT2D eigenvalue weighted by atomic mass is 79.9. The summed E-state index contributed by atoms with van der Waals surface area (Å²) in [5.41, 5.74) is 0. The summed E-state index contributed by atoms with van der Waals surface area (Å²) in [4.78, 5) is 0. The Hall–Kier alpha value is 0.790. The van der Waals surface area contributed by atoms with E-state index in [1.165, 1.54) is 94.7 Å². The molecule has 1 heterocycles. The number of rotatable bonds is 10. The molecule has 1 nitrogen and oxygen atoms in total. The highest BCUT2D eigenvalue weighted by Crippen LogP contribution is 2.18. The zero-order chi connectivity index (χ0) is 13.1. The lowest BCUT2D eigenvalue weighted by Gasteiger charge is -2.37. The van der Waals surface area contributed by atoms with Crippen molar-refractivity contribution in [3.05, 3.63) is 0 Å². The maximum atomic E-state index is 4.25. The number of likely N-dealkylation sites (tertiary alicyclic amines) is 1. The summed E-state index contributed by atoms with van der Waals surface area (Å²) in [7, 11) is 2.47. The number of hydrogen-bond acceptors (Lipinski definition) is 1. The molecule has 116 valence electrons. The van der Waals surface area contributed by atoms with Gasteiger partial charge in [0.25, 0.3) is 0 Å². The second kappa shape index (κ2) is 12.5. The first-order valence-electron chi connectivity index (χ1n) is 8.21. The summed E-state index contributed by atoms with van der Waals surface area (Å²) in [5.74, 6) is 1.07. The maximum absolute atomic E-state index is 4.25. The monoisotopic (exact) mass is 351 g/mol. The van der Waals surface area contributed by atoms with Crippen molar-refractivity contribution in [2.24, 2.45) is 0 Å². The average molecular weight is 352 g/mol. The normalized spacial score (nSPS) is 18.0. The Morgan fingerprint density at radius 2 is 1.21 bits per heavy atom. The molecule has 0 amide bonds. The Morgan fingerprint density at radius 1 is 0.737 bits per heavy atom. The van der Waals surface area contributed by atoms with Gasteiger partial charge in [0, 0.05) is 0 Å². The molecule has 3 heteroatoms. The second-order valence-corrected chi connectivity index (χ2v) is 6.85. The van der Waals surface area contributed by atoms with E-state index in [0.29, 0.717) is 0 Å². The topological polar surface area (TPSA) is 0 Å². The fourth-order valence-corrected chi connectivity index (χ4v) is 3.39. The van der Waals surface area contributed by atoms with Crippen LogP contribution in [0, 0.1) is 0 Å². The molecule has 0 unspecified atom stereocenters. The van der Waals surface area contributed by atoms with Crippen molar-refractivity contribution in [2.45, 2.75) is 70.6 Å². The van der Waals surface area contributed by atoms with Gasteiger partial charge in [-0.1, -0.05) is 32.1 Å². The van der Waals surface area contributed by atoms with Crippen LogP contribution in [0.1, 0.15) is 70.6 Å². The van der Waals surface area contributed by atoms with Gasteiger partial charge >= 0.3 is 0 Å². The lowest BCUT2D eigenvalue weighted by molar-refractivity contribution is -0.914. The van der Waals surface area contributed by atoms with Gasteiger partial charge in [-0.15, -0.1) is 0 Å². The molecule has 0 radical (unpaired) electrons. The molecule has 1 aliphatic rings. The van der Waals surface area contributed by atoms with E-state index in [2.05, 4.69) is 19.7 Å². The summed E-state index contributed by atoms with van der Waals surface area (Å²) in [6.45, 7) is 4.30. The summed E-state index contributed by atoms with van der Waals surface area (Å²) in [6, 6.07) is 0. The van der Waals surface area contributed by atoms with Gasteiger partial charge in [-0.25, -0.2) is 0 Å². The molecule has 0 aromatic heterocycles. The van der Waals surface area contributed by atoms with Crippen LogP contribution in [0.5, 0.6) is 0 Å². The van der Waals surface area contributed by atoms with E-state index in [-0.39, 0.29) is 17.0 Å². The summed E-state index contributed by atoms with van der Waals surface area (Å²) in [6.07, 6.45) is 15.8. The SMILES string of the molecule is C[N+]1(CCCCCCCCCCS)CCCCC1.[Br-]. The largest absolute Gasteiger partial charge is 1.00 e. The number of halogens is 1. The van der Waals surface area contributed by atoms with Gasteiger partial charge in [0.2, 0.25) is 0 Å². The molecular formula is C16H34BrNS. The van der Waals surface area contributed by atoms with Crippen molar-refractivity contribution in [2.75, 3.05) is 32.4 Å². The molecule has 0 atom stereocenters. The quantitative estimate of drug-likeness (QED) is 0.345. The fourth-order valence-electron chi connectivity index (χ4n) is 3.17. The van der Waals surface area contributed by atoms with Crippen molar-refractivity contribution in [1.29, 1.82) is 0 Å². The number of quaternary nitrogens is 1. The zero-order valence-electron chi connectivity index (χ0n) is 12.9. The van der Waals surface area contributed by atoms with Gasteiger partial charge in [-0.05, 0) is 44.3 Å². The van der Waals surface area contributed by atoms with Crippen LogP contribution in [0.4, 0.5) is 0 Å². The van der Waals surface area contributed by atoms with Gasteiger partial charge in [0.1, 0.15) is 0 Å². The molecule has 19 heavy (non-hydrogen) atoms. The van der Waals surface area contributed by atoms with Crippen LogP contribution in [0.15, 0.2) is 0 Å². The highest BCUT2D eigenvalue weighted by molar-refractivity contribution is 7.80. The summed E-state index contributed by atoms with van der Waals surface area (Å²) in [5, 5.41) is 0. The Labute approximate surface area is 137 Å². The van der Waals surface area contributed by atoms with Gasteiger partial charge in [0.15, 0.2) is 0 Å². The van der Waals surface area contributed by atoms with Crippen LogP contribution < -0.4 is 17.0 Å². The van der Waals surface area contributed by atoms with Crippen LogP contribution in [-0.2, 0) is 0 Å². The molecule has 1 fully saturated rings. The Morgan fingerprint density at radius 3 is 1.74 bits per heavy atom. The average Bonchev–Trinajstić information content (AvgIpc) is 2.38. The Kier molecular flexibility index (Phi) is 13.0. The number of thiol groups is 1. The van der Waals surface area contributed by atoms with Gasteiger partial charge in [-0.2, -0.15) is 12.6 Å². The molecule has 0 spiro atoms. The van der Waals surface area contributed by atoms with E-state index < -0.39 is 0 Å². The fraction of sp³-hybridized carbons (Fsp3) is 1.00. The van der Waals surface area contributed by atoms with E-state index in [9.17, 15) is 0 Å². The van der Waals surface area contributed by atoms with Crippen molar-refractivity contribution >= 4 is 12.6 Å². The van der Waals surface area contributed by atoms with Crippen molar-refractivity contribution < 1.29 is 21.5 Å². The number of nitrogens with zero attached hydrogens (tertiary/aromatic N) is 1. The first kappa shape index (κ1) is 19.8. The van der Waals surface area contributed by atoms with Crippen LogP contribution in [0.3, 0.4) is 0 Å². The maximum Gasteiger partial charge on any atom is 0.0784 e. The third-order valence-electron chi connectivity index (χ3n) is 4.50. The van der Waals surface area contributed by atoms with Crippen LogP contribution >= 0.6 is 12.6 Å². The lowest BCUT2D eigenvalue weighted by Crippen LogP contribution is -3.00. The standard InChI is InChI=1S/C16H33NS.BrH/c1-17(14-10-8-11-15-17)13-9-6-4-2-3-5-7-12-16-18;/h2-16H2,1H3;1H. The van der Waals surface area contributed by atoms with Crippen molar-refractivity contribution in [3.63, 3.8) is 0 Å². The van der Waals surface area contributed by atoms with Crippen LogP contribution in [-0.4, -0.2) is 36.9 Å². The molecule has 0 saturated carbocycles. The number of hydrogen-bond donors (Lipinski definition) is 1. The Balaban J connectivity index is 0.00000324. The molecular weight excluding hydrogens is 318 g/mol. The van der Waals surface area contributed by atoms with Crippen LogP contribution in [0.25, 0.3) is 0 Å². The first-order chi connectivity index (χ1) is 8.77. The van der Waals surface area contributed by atoms with Gasteiger partial charge in [-0.3, -0.25) is 0 Å². The molecule has 0 aromatic rings. The summed E-state index contributed by atoms with van der Waals surface area (Å²) >= 11 is 4.25. The minimum atomic E-state index is 0. The smallest absolute Gasteiger partial charge is 0.0784 e. The predicted molar refractivity (Wildman–Crippen MR) is 85.4 cm³/mol. The van der Waals surface area contributed by atoms with E-state index >= 15 is 0 Å². The molecule has 0 aliphatic carbocycles. The van der Waals surface area contributed by atoms with E-state index in [1.807, 2.05) is 0 Å².